The highest BCUT2D eigenvalue weighted by Gasteiger charge is 2.13. The van der Waals surface area contributed by atoms with Crippen molar-refractivity contribution in [2.24, 2.45) is 0 Å². The van der Waals surface area contributed by atoms with E-state index in [1.807, 2.05) is 55.5 Å². The maximum absolute atomic E-state index is 12.2. The van der Waals surface area contributed by atoms with Crippen LogP contribution in [0.25, 0.3) is 11.3 Å². The van der Waals surface area contributed by atoms with E-state index in [1.54, 1.807) is 6.07 Å². The van der Waals surface area contributed by atoms with Crippen LogP contribution in [0.3, 0.4) is 0 Å². The Hall–Kier alpha value is -2.40. The van der Waals surface area contributed by atoms with Crippen molar-refractivity contribution in [1.29, 1.82) is 0 Å². The van der Waals surface area contributed by atoms with Crippen molar-refractivity contribution in [1.82, 2.24) is 5.16 Å². The molecule has 0 unspecified atom stereocenters. The van der Waals surface area contributed by atoms with E-state index in [-0.39, 0.29) is 11.6 Å². The predicted octanol–water partition coefficient (Wildman–Crippen LogP) is 4.66. The van der Waals surface area contributed by atoms with Crippen LogP contribution in [-0.4, -0.2) is 11.1 Å². The SMILES string of the molecule is Cc1ccc(-c2cc(C(=O)Nc3ccc(Br)cc3)no2)cc1. The molecule has 0 atom stereocenters. The van der Waals surface area contributed by atoms with Crippen LogP contribution < -0.4 is 5.32 Å². The summed E-state index contributed by atoms with van der Waals surface area (Å²) in [6.07, 6.45) is 0. The second kappa shape index (κ2) is 6.15. The molecule has 0 fully saturated rings. The average Bonchev–Trinajstić information content (AvgIpc) is 3.00. The Morgan fingerprint density at radius 1 is 1.09 bits per heavy atom. The number of benzene rings is 2. The third-order valence-corrected chi connectivity index (χ3v) is 3.71. The first-order valence-corrected chi connectivity index (χ1v) is 7.52. The third kappa shape index (κ3) is 3.26. The van der Waals surface area contributed by atoms with Gasteiger partial charge in [-0.05, 0) is 31.2 Å². The fourth-order valence-corrected chi connectivity index (χ4v) is 2.23. The van der Waals surface area contributed by atoms with Gasteiger partial charge in [0.2, 0.25) is 0 Å². The molecule has 2 aromatic carbocycles. The molecule has 110 valence electrons. The van der Waals surface area contributed by atoms with Gasteiger partial charge in [-0.15, -0.1) is 0 Å². The molecule has 1 aromatic heterocycles. The van der Waals surface area contributed by atoms with Crippen molar-refractivity contribution in [3.63, 3.8) is 0 Å². The fraction of sp³-hybridized carbons (Fsp3) is 0.0588. The van der Waals surface area contributed by atoms with Crippen LogP contribution in [-0.2, 0) is 0 Å². The van der Waals surface area contributed by atoms with Gasteiger partial charge in [0.05, 0.1) is 0 Å². The summed E-state index contributed by atoms with van der Waals surface area (Å²) in [6.45, 7) is 2.02. The maximum atomic E-state index is 12.2. The number of aromatic nitrogens is 1. The normalized spacial score (nSPS) is 10.5. The van der Waals surface area contributed by atoms with Crippen LogP contribution in [0.15, 0.2) is 63.6 Å². The van der Waals surface area contributed by atoms with Crippen LogP contribution in [0, 0.1) is 6.92 Å². The predicted molar refractivity (Wildman–Crippen MR) is 88.8 cm³/mol. The standard InChI is InChI=1S/C17H13BrN2O2/c1-11-2-4-12(5-3-11)16-10-15(20-22-16)17(21)19-14-8-6-13(18)7-9-14/h2-10H,1H3,(H,19,21). The minimum atomic E-state index is -0.301. The van der Waals surface area contributed by atoms with E-state index in [0.29, 0.717) is 11.4 Å². The van der Waals surface area contributed by atoms with E-state index in [2.05, 4.69) is 26.4 Å². The number of aryl methyl sites for hydroxylation is 1. The van der Waals surface area contributed by atoms with Gasteiger partial charge in [-0.3, -0.25) is 4.79 Å². The summed E-state index contributed by atoms with van der Waals surface area (Å²) >= 11 is 3.35. The van der Waals surface area contributed by atoms with E-state index in [4.69, 9.17) is 4.52 Å². The van der Waals surface area contributed by atoms with Crippen molar-refractivity contribution in [3.8, 4) is 11.3 Å². The third-order valence-electron chi connectivity index (χ3n) is 3.18. The summed E-state index contributed by atoms with van der Waals surface area (Å²) in [5, 5.41) is 6.61. The summed E-state index contributed by atoms with van der Waals surface area (Å²) in [4.78, 5) is 12.2. The number of anilines is 1. The molecular weight excluding hydrogens is 344 g/mol. The van der Waals surface area contributed by atoms with Gasteiger partial charge >= 0.3 is 0 Å². The zero-order valence-electron chi connectivity index (χ0n) is 11.8. The van der Waals surface area contributed by atoms with E-state index in [9.17, 15) is 4.79 Å². The van der Waals surface area contributed by atoms with Gasteiger partial charge < -0.3 is 9.84 Å². The van der Waals surface area contributed by atoms with Gasteiger partial charge in [0.25, 0.3) is 5.91 Å². The molecule has 4 nitrogen and oxygen atoms in total. The highest BCUT2D eigenvalue weighted by atomic mass is 79.9. The number of halogens is 1. The van der Waals surface area contributed by atoms with E-state index in [0.717, 1.165) is 15.6 Å². The number of hydrogen-bond acceptors (Lipinski definition) is 3. The van der Waals surface area contributed by atoms with Crippen LogP contribution in [0.1, 0.15) is 16.1 Å². The van der Waals surface area contributed by atoms with Gasteiger partial charge in [0.15, 0.2) is 11.5 Å². The molecule has 0 saturated heterocycles. The largest absolute Gasteiger partial charge is 0.355 e. The van der Waals surface area contributed by atoms with Crippen LogP contribution in [0.5, 0.6) is 0 Å². The summed E-state index contributed by atoms with van der Waals surface area (Å²) in [7, 11) is 0. The second-order valence-corrected chi connectivity index (χ2v) is 5.82. The summed E-state index contributed by atoms with van der Waals surface area (Å²) in [5.41, 5.74) is 3.00. The average molecular weight is 357 g/mol. The highest BCUT2D eigenvalue weighted by molar-refractivity contribution is 9.10. The highest BCUT2D eigenvalue weighted by Crippen LogP contribution is 2.21. The number of nitrogens with zero attached hydrogens (tertiary/aromatic N) is 1. The number of rotatable bonds is 3. The Kier molecular flexibility index (Phi) is 4.06. The smallest absolute Gasteiger partial charge is 0.277 e. The molecule has 1 N–H and O–H groups in total. The topological polar surface area (TPSA) is 55.1 Å². The van der Waals surface area contributed by atoms with E-state index in [1.165, 1.54) is 0 Å². The molecule has 3 aromatic rings. The molecule has 0 aliphatic rings. The molecule has 0 spiro atoms. The molecule has 3 rings (SSSR count). The molecule has 1 heterocycles. The van der Waals surface area contributed by atoms with Gasteiger partial charge in [-0.2, -0.15) is 0 Å². The van der Waals surface area contributed by atoms with Crippen molar-refractivity contribution in [2.45, 2.75) is 6.92 Å². The Bertz CT molecular complexity index is 792. The monoisotopic (exact) mass is 356 g/mol. The molecule has 0 aliphatic heterocycles. The summed E-state index contributed by atoms with van der Waals surface area (Å²) in [5.74, 6) is 0.269. The first kappa shape index (κ1) is 14.5. The minimum absolute atomic E-state index is 0.249. The van der Waals surface area contributed by atoms with Crippen LogP contribution in [0.2, 0.25) is 0 Å². The summed E-state index contributed by atoms with van der Waals surface area (Å²) < 4.78 is 6.20. The van der Waals surface area contributed by atoms with Gasteiger partial charge in [-0.1, -0.05) is 50.9 Å². The van der Waals surface area contributed by atoms with Crippen molar-refractivity contribution in [3.05, 3.63) is 70.3 Å². The lowest BCUT2D eigenvalue weighted by Crippen LogP contribution is -2.11. The Labute approximate surface area is 136 Å². The molecule has 1 amide bonds. The molecule has 0 bridgehead atoms. The summed E-state index contributed by atoms with van der Waals surface area (Å²) in [6, 6.07) is 16.8. The Morgan fingerprint density at radius 2 is 1.77 bits per heavy atom. The number of nitrogens with one attached hydrogen (secondary N) is 1. The second-order valence-electron chi connectivity index (χ2n) is 4.90. The lowest BCUT2D eigenvalue weighted by molar-refractivity contribution is 0.101. The molecule has 0 saturated carbocycles. The van der Waals surface area contributed by atoms with Gasteiger partial charge in [0, 0.05) is 21.8 Å². The maximum Gasteiger partial charge on any atom is 0.277 e. The first-order valence-electron chi connectivity index (χ1n) is 6.72. The number of carbonyl (C=O) groups is 1. The van der Waals surface area contributed by atoms with Crippen molar-refractivity contribution < 1.29 is 9.32 Å². The lowest BCUT2D eigenvalue weighted by Gasteiger charge is -2.02. The first-order chi connectivity index (χ1) is 10.6. The quantitative estimate of drug-likeness (QED) is 0.741. The van der Waals surface area contributed by atoms with Gasteiger partial charge in [0.1, 0.15) is 0 Å². The number of hydrogen-bond donors (Lipinski definition) is 1. The molecular formula is C17H13BrN2O2. The number of carbonyl (C=O) groups excluding carboxylic acids is 1. The van der Waals surface area contributed by atoms with E-state index < -0.39 is 0 Å². The minimum Gasteiger partial charge on any atom is -0.355 e. The zero-order valence-corrected chi connectivity index (χ0v) is 13.4. The van der Waals surface area contributed by atoms with Crippen LogP contribution >= 0.6 is 15.9 Å². The van der Waals surface area contributed by atoms with Crippen molar-refractivity contribution >= 4 is 27.5 Å². The van der Waals surface area contributed by atoms with Gasteiger partial charge in [-0.25, -0.2) is 0 Å². The molecule has 22 heavy (non-hydrogen) atoms. The van der Waals surface area contributed by atoms with Crippen molar-refractivity contribution in [2.75, 3.05) is 5.32 Å². The fourth-order valence-electron chi connectivity index (χ4n) is 1.96. The van der Waals surface area contributed by atoms with E-state index >= 15 is 0 Å². The molecule has 5 heteroatoms. The zero-order chi connectivity index (χ0) is 15.5. The number of amides is 1. The Morgan fingerprint density at radius 3 is 2.45 bits per heavy atom. The lowest BCUT2D eigenvalue weighted by atomic mass is 10.1. The molecule has 0 aliphatic carbocycles. The van der Waals surface area contributed by atoms with Crippen LogP contribution in [0.4, 0.5) is 5.69 Å². The molecule has 0 radical (unpaired) electrons. The Balaban J connectivity index is 1.76.